The number of nitrogens with one attached hydrogen (secondary N) is 1. The smallest absolute Gasteiger partial charge is 0.326 e. The highest BCUT2D eigenvalue weighted by Crippen LogP contribution is 2.23. The first-order chi connectivity index (χ1) is 10.3. The van der Waals surface area contributed by atoms with Gasteiger partial charge < -0.3 is 14.8 Å². The Kier molecular flexibility index (Phi) is 4.44. The normalized spacial score (nSPS) is 12.6. The number of amides is 1. The summed E-state index contributed by atoms with van der Waals surface area (Å²) in [7, 11) is 0. The van der Waals surface area contributed by atoms with Crippen LogP contribution >= 0.6 is 0 Å². The van der Waals surface area contributed by atoms with Gasteiger partial charge in [-0.25, -0.2) is 13.6 Å². The largest absolute Gasteiger partial charge is 0.480 e. The van der Waals surface area contributed by atoms with E-state index in [-0.39, 0.29) is 5.76 Å². The second-order valence-electron chi connectivity index (χ2n) is 5.08. The van der Waals surface area contributed by atoms with Crippen LogP contribution in [0.5, 0.6) is 0 Å². The molecule has 1 amide bonds. The number of aliphatic carboxylic acids is 1. The fraction of sp³-hybridized carbons (Fsp3) is 0.333. The van der Waals surface area contributed by atoms with Gasteiger partial charge in [-0.05, 0) is 43.2 Å². The van der Waals surface area contributed by atoms with Crippen LogP contribution in [0, 0.1) is 13.8 Å². The molecule has 2 N–H and O–H groups in total. The highest BCUT2D eigenvalue weighted by atomic mass is 19.3. The van der Waals surface area contributed by atoms with Crippen molar-refractivity contribution in [3.05, 3.63) is 35.1 Å². The van der Waals surface area contributed by atoms with Crippen molar-refractivity contribution in [3.8, 4) is 0 Å². The predicted octanol–water partition coefficient (Wildman–Crippen LogP) is 2.89. The molecule has 0 fully saturated rings. The summed E-state index contributed by atoms with van der Waals surface area (Å²) < 4.78 is 30.0. The van der Waals surface area contributed by atoms with E-state index in [1.54, 1.807) is 6.07 Å². The van der Waals surface area contributed by atoms with Gasteiger partial charge in [-0.2, -0.15) is 0 Å². The molecule has 1 atom stereocenters. The van der Waals surface area contributed by atoms with Crippen LogP contribution in [0.4, 0.5) is 8.78 Å². The highest BCUT2D eigenvalue weighted by molar-refractivity contribution is 5.98. The number of carboxylic acid groups (broad SMARTS) is 1. The van der Waals surface area contributed by atoms with Crippen LogP contribution in [0.15, 0.2) is 22.6 Å². The van der Waals surface area contributed by atoms with Gasteiger partial charge in [-0.1, -0.05) is 0 Å². The molecule has 0 aliphatic rings. The number of hydrogen-bond acceptors (Lipinski definition) is 3. The summed E-state index contributed by atoms with van der Waals surface area (Å²) in [6, 6.07) is 3.39. The molecular weight excluding hydrogens is 296 g/mol. The SMILES string of the molecule is Cc1cc2cc(C(=O)NC(CC(F)F)C(=O)O)oc2cc1C. The summed E-state index contributed by atoms with van der Waals surface area (Å²) in [5.74, 6) is -2.46. The molecule has 0 saturated heterocycles. The summed E-state index contributed by atoms with van der Waals surface area (Å²) in [6.07, 6.45) is -3.79. The van der Waals surface area contributed by atoms with Gasteiger partial charge in [0.15, 0.2) is 5.76 Å². The van der Waals surface area contributed by atoms with Crippen molar-refractivity contribution in [2.75, 3.05) is 0 Å². The lowest BCUT2D eigenvalue weighted by Gasteiger charge is -2.12. The molecule has 22 heavy (non-hydrogen) atoms. The zero-order valence-corrected chi connectivity index (χ0v) is 12.0. The first kappa shape index (κ1) is 15.9. The van der Waals surface area contributed by atoms with Crippen molar-refractivity contribution >= 4 is 22.8 Å². The van der Waals surface area contributed by atoms with E-state index in [1.807, 2.05) is 25.2 Å². The Morgan fingerprint density at radius 2 is 1.86 bits per heavy atom. The molecular formula is C15H15F2NO4. The number of fused-ring (bicyclic) bond motifs is 1. The van der Waals surface area contributed by atoms with E-state index in [1.165, 1.54) is 6.07 Å². The molecule has 1 aromatic carbocycles. The second-order valence-corrected chi connectivity index (χ2v) is 5.08. The number of rotatable bonds is 5. The molecule has 0 bridgehead atoms. The van der Waals surface area contributed by atoms with E-state index in [0.29, 0.717) is 11.0 Å². The fourth-order valence-electron chi connectivity index (χ4n) is 2.04. The van der Waals surface area contributed by atoms with Crippen LogP contribution in [0.2, 0.25) is 0 Å². The second kappa shape index (κ2) is 6.13. The number of carboxylic acids is 1. The minimum atomic E-state index is -2.83. The Hall–Kier alpha value is -2.44. The number of hydrogen-bond donors (Lipinski definition) is 2. The number of aryl methyl sites for hydroxylation is 2. The number of halogens is 2. The third-order valence-corrected chi connectivity index (χ3v) is 3.37. The van der Waals surface area contributed by atoms with Gasteiger partial charge >= 0.3 is 5.97 Å². The summed E-state index contributed by atoms with van der Waals surface area (Å²) in [5.41, 5.74) is 2.48. The summed E-state index contributed by atoms with van der Waals surface area (Å²) >= 11 is 0. The number of furan rings is 1. The summed E-state index contributed by atoms with van der Waals surface area (Å²) in [4.78, 5) is 22.9. The van der Waals surface area contributed by atoms with Crippen molar-refractivity contribution in [2.45, 2.75) is 32.7 Å². The standard InChI is InChI=1S/C15H15F2NO4/c1-7-3-9-5-12(22-11(9)4-8(7)2)14(19)18-10(15(20)21)6-13(16)17/h3-5,10,13H,6H2,1-2H3,(H,18,19)(H,20,21). The molecule has 2 rings (SSSR count). The maximum Gasteiger partial charge on any atom is 0.326 e. The lowest BCUT2D eigenvalue weighted by atomic mass is 10.1. The zero-order chi connectivity index (χ0) is 16.4. The molecule has 1 aromatic heterocycles. The maximum absolute atomic E-state index is 12.3. The van der Waals surface area contributed by atoms with Crippen LogP contribution in [0.25, 0.3) is 11.0 Å². The van der Waals surface area contributed by atoms with E-state index < -0.39 is 30.8 Å². The Balaban J connectivity index is 2.23. The van der Waals surface area contributed by atoms with E-state index >= 15 is 0 Å². The van der Waals surface area contributed by atoms with E-state index in [0.717, 1.165) is 11.1 Å². The van der Waals surface area contributed by atoms with Gasteiger partial charge in [0, 0.05) is 11.8 Å². The van der Waals surface area contributed by atoms with Crippen molar-refractivity contribution in [3.63, 3.8) is 0 Å². The summed E-state index contributed by atoms with van der Waals surface area (Å²) in [6.45, 7) is 3.80. The Bertz CT molecular complexity index is 685. The Morgan fingerprint density at radius 1 is 1.23 bits per heavy atom. The van der Waals surface area contributed by atoms with E-state index in [2.05, 4.69) is 0 Å². The number of carbonyl (C=O) groups excluding carboxylic acids is 1. The monoisotopic (exact) mass is 311 g/mol. The number of alkyl halides is 2. The minimum absolute atomic E-state index is 0.111. The Labute approximate surface area is 124 Å². The van der Waals surface area contributed by atoms with Gasteiger partial charge in [0.25, 0.3) is 5.91 Å². The molecule has 5 nitrogen and oxygen atoms in total. The van der Waals surface area contributed by atoms with E-state index in [9.17, 15) is 18.4 Å². The average molecular weight is 311 g/mol. The van der Waals surface area contributed by atoms with Gasteiger partial charge in [-0.3, -0.25) is 4.79 Å². The molecule has 7 heteroatoms. The van der Waals surface area contributed by atoms with Gasteiger partial charge in [0.1, 0.15) is 11.6 Å². The third-order valence-electron chi connectivity index (χ3n) is 3.37. The van der Waals surface area contributed by atoms with Crippen molar-refractivity contribution in [1.29, 1.82) is 0 Å². The molecule has 0 aliphatic heterocycles. The molecule has 1 unspecified atom stereocenters. The lowest BCUT2D eigenvalue weighted by Crippen LogP contribution is -2.41. The van der Waals surface area contributed by atoms with Crippen LogP contribution < -0.4 is 5.32 Å². The number of benzene rings is 1. The van der Waals surface area contributed by atoms with Crippen LogP contribution in [0.1, 0.15) is 28.1 Å². The van der Waals surface area contributed by atoms with Gasteiger partial charge in [0.05, 0.1) is 0 Å². The van der Waals surface area contributed by atoms with Crippen molar-refractivity contribution < 1.29 is 27.9 Å². The molecule has 0 radical (unpaired) electrons. The Morgan fingerprint density at radius 3 is 2.45 bits per heavy atom. The van der Waals surface area contributed by atoms with Crippen LogP contribution in [-0.2, 0) is 4.79 Å². The first-order valence-electron chi connectivity index (χ1n) is 6.60. The molecule has 0 saturated carbocycles. The van der Waals surface area contributed by atoms with Gasteiger partial charge in [0.2, 0.25) is 6.43 Å². The molecule has 2 aromatic rings. The zero-order valence-electron chi connectivity index (χ0n) is 12.0. The van der Waals surface area contributed by atoms with E-state index in [4.69, 9.17) is 9.52 Å². The predicted molar refractivity (Wildman–Crippen MR) is 75.2 cm³/mol. The number of carbonyl (C=O) groups is 2. The summed E-state index contributed by atoms with van der Waals surface area (Å²) in [5, 5.41) is 11.6. The van der Waals surface area contributed by atoms with Crippen LogP contribution in [-0.4, -0.2) is 29.5 Å². The molecule has 0 aliphatic carbocycles. The lowest BCUT2D eigenvalue weighted by molar-refractivity contribution is -0.140. The van der Waals surface area contributed by atoms with Crippen molar-refractivity contribution in [1.82, 2.24) is 5.32 Å². The van der Waals surface area contributed by atoms with Crippen molar-refractivity contribution in [2.24, 2.45) is 0 Å². The first-order valence-corrected chi connectivity index (χ1v) is 6.60. The quantitative estimate of drug-likeness (QED) is 0.890. The average Bonchev–Trinajstić information content (AvgIpc) is 2.80. The molecule has 1 heterocycles. The van der Waals surface area contributed by atoms with Gasteiger partial charge in [-0.15, -0.1) is 0 Å². The fourth-order valence-corrected chi connectivity index (χ4v) is 2.04. The maximum atomic E-state index is 12.3. The van der Waals surface area contributed by atoms with Crippen LogP contribution in [0.3, 0.4) is 0 Å². The minimum Gasteiger partial charge on any atom is -0.480 e. The molecule has 118 valence electrons. The third kappa shape index (κ3) is 3.41. The topological polar surface area (TPSA) is 79.5 Å². The highest BCUT2D eigenvalue weighted by Gasteiger charge is 2.26. The molecule has 0 spiro atoms.